The maximum absolute atomic E-state index is 12.3. The highest BCUT2D eigenvalue weighted by Crippen LogP contribution is 2.27. The average molecular weight is 331 g/mol. The van der Waals surface area contributed by atoms with Crippen LogP contribution in [0.3, 0.4) is 0 Å². The van der Waals surface area contributed by atoms with Crippen molar-refractivity contribution in [3.63, 3.8) is 0 Å². The Balaban J connectivity index is 2.19. The maximum Gasteiger partial charge on any atom is 0.338 e. The Morgan fingerprint density at radius 3 is 2.13 bits per heavy atom. The summed E-state index contributed by atoms with van der Waals surface area (Å²) in [5, 5.41) is 9.42. The molecule has 2 rings (SSSR count). The second-order valence-corrected chi connectivity index (χ2v) is 5.46. The third-order valence-corrected chi connectivity index (χ3v) is 3.82. The zero-order chi connectivity index (χ0) is 16.9. The molecule has 2 aromatic rings. The minimum Gasteiger partial charge on any atom is -0.459 e. The smallest absolute Gasteiger partial charge is 0.338 e. The molecule has 0 heterocycles. The molecular weight excluding hydrogens is 314 g/mol. The van der Waals surface area contributed by atoms with Gasteiger partial charge in [-0.2, -0.15) is 0 Å². The number of carbonyl (C=O) groups excluding carboxylic acids is 2. The van der Waals surface area contributed by atoms with Gasteiger partial charge in [0.1, 0.15) is 12.7 Å². The van der Waals surface area contributed by atoms with Crippen LogP contribution in [0.1, 0.15) is 17.2 Å². The van der Waals surface area contributed by atoms with Gasteiger partial charge < -0.3 is 15.6 Å². The summed E-state index contributed by atoms with van der Waals surface area (Å²) in [4.78, 5) is 24.1. The zero-order valence-electron chi connectivity index (χ0n) is 12.3. The molecule has 0 radical (unpaired) electrons. The normalized spacial score (nSPS) is 14.6. The first-order chi connectivity index (χ1) is 11.0. The van der Waals surface area contributed by atoms with Crippen molar-refractivity contribution in [2.24, 2.45) is 5.73 Å². The van der Waals surface area contributed by atoms with Crippen molar-refractivity contribution < 1.29 is 19.4 Å². The van der Waals surface area contributed by atoms with E-state index in [-0.39, 0.29) is 6.61 Å². The molecule has 0 aliphatic rings. The van der Waals surface area contributed by atoms with E-state index in [1.807, 2.05) is 6.07 Å². The SMILES string of the molecule is NC(C(=O)S)(C(=O)OCc1ccccc1)C(O)c1ccccc1. The minimum atomic E-state index is -2.28. The summed E-state index contributed by atoms with van der Waals surface area (Å²) >= 11 is 3.66. The Morgan fingerprint density at radius 1 is 1.09 bits per heavy atom. The van der Waals surface area contributed by atoms with Crippen molar-refractivity contribution in [3.05, 3.63) is 71.8 Å². The molecule has 0 aliphatic carbocycles. The number of hydrogen-bond donors (Lipinski definition) is 3. The molecular formula is C17H17NO4S. The molecule has 23 heavy (non-hydrogen) atoms. The first-order valence-electron chi connectivity index (χ1n) is 6.92. The Kier molecular flexibility index (Phi) is 5.54. The maximum atomic E-state index is 12.3. The standard InChI is InChI=1S/C17H17NO4S/c18-17(16(21)23,14(19)13-9-5-2-6-10-13)15(20)22-11-12-7-3-1-4-8-12/h1-10,14,19H,11,18H2,(H,21,23). The summed E-state index contributed by atoms with van der Waals surface area (Å²) in [5.74, 6) is -1.03. The van der Waals surface area contributed by atoms with Gasteiger partial charge in [-0.3, -0.25) is 4.79 Å². The van der Waals surface area contributed by atoms with Crippen molar-refractivity contribution in [3.8, 4) is 0 Å². The number of nitrogens with two attached hydrogens (primary N) is 1. The van der Waals surface area contributed by atoms with Gasteiger partial charge in [-0.15, -0.1) is 12.6 Å². The molecule has 6 heteroatoms. The molecule has 0 saturated heterocycles. The molecule has 0 fully saturated rings. The molecule has 2 unspecified atom stereocenters. The van der Waals surface area contributed by atoms with E-state index in [4.69, 9.17) is 10.5 Å². The van der Waals surface area contributed by atoms with Crippen LogP contribution in [0.5, 0.6) is 0 Å². The molecule has 0 spiro atoms. The number of aliphatic hydroxyl groups excluding tert-OH is 1. The van der Waals surface area contributed by atoms with Crippen LogP contribution in [0.2, 0.25) is 0 Å². The van der Waals surface area contributed by atoms with Crippen molar-refractivity contribution in [2.75, 3.05) is 0 Å². The Morgan fingerprint density at radius 2 is 1.61 bits per heavy atom. The summed E-state index contributed by atoms with van der Waals surface area (Å²) < 4.78 is 5.10. The lowest BCUT2D eigenvalue weighted by Crippen LogP contribution is -2.58. The van der Waals surface area contributed by atoms with E-state index < -0.39 is 22.7 Å². The van der Waals surface area contributed by atoms with Crippen LogP contribution in [0.25, 0.3) is 0 Å². The largest absolute Gasteiger partial charge is 0.459 e. The van der Waals surface area contributed by atoms with Crippen molar-refractivity contribution in [2.45, 2.75) is 18.2 Å². The predicted octanol–water partition coefficient (Wildman–Crippen LogP) is 1.62. The van der Waals surface area contributed by atoms with Crippen molar-refractivity contribution >= 4 is 23.7 Å². The van der Waals surface area contributed by atoms with Crippen LogP contribution in [0, 0.1) is 0 Å². The zero-order valence-corrected chi connectivity index (χ0v) is 13.1. The number of esters is 1. The molecule has 0 bridgehead atoms. The van der Waals surface area contributed by atoms with Crippen LogP contribution in [0.4, 0.5) is 0 Å². The second kappa shape index (κ2) is 7.41. The first kappa shape index (κ1) is 17.2. The van der Waals surface area contributed by atoms with E-state index in [1.165, 1.54) is 0 Å². The Hall–Kier alpha value is -2.15. The summed E-state index contributed by atoms with van der Waals surface area (Å²) in [7, 11) is 0. The minimum absolute atomic E-state index is 0.0544. The second-order valence-electron chi connectivity index (χ2n) is 5.05. The molecule has 0 aliphatic heterocycles. The van der Waals surface area contributed by atoms with E-state index in [2.05, 4.69) is 12.6 Å². The van der Waals surface area contributed by atoms with Crippen LogP contribution < -0.4 is 5.73 Å². The molecule has 120 valence electrons. The number of benzene rings is 2. The van der Waals surface area contributed by atoms with Gasteiger partial charge in [-0.1, -0.05) is 60.7 Å². The fraction of sp³-hybridized carbons (Fsp3) is 0.176. The molecule has 0 aromatic heterocycles. The van der Waals surface area contributed by atoms with Crippen LogP contribution in [-0.4, -0.2) is 21.7 Å². The summed E-state index contributed by atoms with van der Waals surface area (Å²) in [6.07, 6.45) is -1.56. The van der Waals surface area contributed by atoms with Gasteiger partial charge in [0, 0.05) is 0 Å². The quantitative estimate of drug-likeness (QED) is 0.425. The fourth-order valence-corrected chi connectivity index (χ4v) is 2.27. The highest BCUT2D eigenvalue weighted by molar-refractivity contribution is 7.97. The number of aliphatic hydroxyl groups is 1. The van der Waals surface area contributed by atoms with Gasteiger partial charge in [0.15, 0.2) is 0 Å². The predicted molar refractivity (Wildman–Crippen MR) is 88.6 cm³/mol. The van der Waals surface area contributed by atoms with E-state index in [0.29, 0.717) is 5.56 Å². The molecule has 0 saturated carbocycles. The number of ether oxygens (including phenoxy) is 1. The van der Waals surface area contributed by atoms with Gasteiger partial charge >= 0.3 is 5.97 Å². The summed E-state index contributed by atoms with van der Waals surface area (Å²) in [6.45, 7) is -0.0544. The van der Waals surface area contributed by atoms with Gasteiger partial charge in [-0.05, 0) is 11.1 Å². The van der Waals surface area contributed by atoms with E-state index in [0.717, 1.165) is 5.56 Å². The highest BCUT2D eigenvalue weighted by atomic mass is 32.1. The highest BCUT2D eigenvalue weighted by Gasteiger charge is 2.49. The lowest BCUT2D eigenvalue weighted by Gasteiger charge is -2.29. The molecule has 2 aromatic carbocycles. The molecule has 5 nitrogen and oxygen atoms in total. The molecule has 0 amide bonds. The Labute approximate surface area is 139 Å². The van der Waals surface area contributed by atoms with Gasteiger partial charge in [0.2, 0.25) is 10.7 Å². The lowest BCUT2D eigenvalue weighted by molar-refractivity contribution is -0.158. The van der Waals surface area contributed by atoms with Gasteiger partial charge in [0.05, 0.1) is 0 Å². The van der Waals surface area contributed by atoms with Gasteiger partial charge in [-0.25, -0.2) is 4.79 Å². The number of thiol groups is 1. The summed E-state index contributed by atoms with van der Waals surface area (Å²) in [6, 6.07) is 17.1. The van der Waals surface area contributed by atoms with E-state index in [9.17, 15) is 14.7 Å². The third kappa shape index (κ3) is 3.79. The van der Waals surface area contributed by atoms with E-state index >= 15 is 0 Å². The molecule has 3 N–H and O–H groups in total. The average Bonchev–Trinajstić information content (AvgIpc) is 2.59. The van der Waals surface area contributed by atoms with Crippen LogP contribution >= 0.6 is 12.6 Å². The Bertz CT molecular complexity index is 678. The lowest BCUT2D eigenvalue weighted by atomic mass is 9.89. The monoisotopic (exact) mass is 331 g/mol. The van der Waals surface area contributed by atoms with Crippen molar-refractivity contribution in [1.29, 1.82) is 0 Å². The van der Waals surface area contributed by atoms with Crippen LogP contribution in [0.15, 0.2) is 60.7 Å². The fourth-order valence-electron chi connectivity index (χ4n) is 2.06. The number of rotatable bonds is 6. The van der Waals surface area contributed by atoms with Crippen LogP contribution in [-0.2, 0) is 20.9 Å². The molecule has 2 atom stereocenters. The number of hydrogen-bond acceptors (Lipinski definition) is 5. The number of carbonyl (C=O) groups is 2. The third-order valence-electron chi connectivity index (χ3n) is 3.45. The first-order valence-corrected chi connectivity index (χ1v) is 7.37. The summed E-state index contributed by atoms with van der Waals surface area (Å²) in [5.41, 5.74) is 4.66. The van der Waals surface area contributed by atoms with Gasteiger partial charge in [0.25, 0.3) is 0 Å². The van der Waals surface area contributed by atoms with Crippen molar-refractivity contribution in [1.82, 2.24) is 0 Å². The topological polar surface area (TPSA) is 89.6 Å². The van der Waals surface area contributed by atoms with E-state index in [1.54, 1.807) is 54.6 Å².